The Kier molecular flexibility index (Phi) is 45.3. The maximum atomic E-state index is 3.50. The number of rotatable bonds is 1. The van der Waals surface area contributed by atoms with E-state index < -0.39 is 0 Å². The van der Waals surface area contributed by atoms with E-state index in [0.29, 0.717) is 0 Å². The summed E-state index contributed by atoms with van der Waals surface area (Å²) in [6, 6.07) is 8.41. The monoisotopic (exact) mass is 315 g/mol. The fourth-order valence-corrected chi connectivity index (χ4v) is 0.650. The van der Waals surface area contributed by atoms with Gasteiger partial charge in [-0.2, -0.15) is 60.0 Å². The molecule has 0 saturated carbocycles. The third kappa shape index (κ3) is 38.6. The van der Waals surface area contributed by atoms with Gasteiger partial charge in [0.2, 0.25) is 0 Å². The van der Waals surface area contributed by atoms with Crippen molar-refractivity contribution >= 4 is 0 Å². The Hall–Kier alpha value is 0.113. The Bertz CT molecular complexity index is 160. The van der Waals surface area contributed by atoms with Crippen molar-refractivity contribution in [1.82, 2.24) is 0 Å². The molecule has 0 aliphatic carbocycles. The van der Waals surface area contributed by atoms with Gasteiger partial charge in [-0.1, -0.05) is 13.3 Å². The van der Waals surface area contributed by atoms with E-state index in [2.05, 4.69) is 47.1 Å². The van der Waals surface area contributed by atoms with Crippen LogP contribution in [0.2, 0.25) is 0 Å². The van der Waals surface area contributed by atoms with Crippen LogP contribution in [0.5, 0.6) is 0 Å². The molecule has 0 unspecified atom stereocenters. The first-order valence-corrected chi connectivity index (χ1v) is 5.32. The van der Waals surface area contributed by atoms with Gasteiger partial charge in [0.15, 0.2) is 0 Å². The van der Waals surface area contributed by atoms with Crippen LogP contribution >= 0.6 is 0 Å². The minimum absolute atomic E-state index is 0. The molecule has 0 aliphatic heterocycles. The standard InChI is InChI=1S/C7H9.3C2H6N.Zr/c1-2-7-5-3-4-6-7;3*1-3-2;/h3-6H,2H2,1H3;3*1-2H3;/q4*-1;+4. The largest absolute Gasteiger partial charge is 4.00 e. The minimum Gasteiger partial charge on any atom is -0.668 e. The van der Waals surface area contributed by atoms with E-state index in [1.165, 1.54) is 5.56 Å². The van der Waals surface area contributed by atoms with Gasteiger partial charge in [-0.15, -0.1) is 0 Å². The molecular weight excluding hydrogens is 289 g/mol. The van der Waals surface area contributed by atoms with Gasteiger partial charge in [0.25, 0.3) is 0 Å². The second-order valence-corrected chi connectivity index (χ2v) is 2.99. The van der Waals surface area contributed by atoms with E-state index in [1.807, 2.05) is 0 Å². The number of aryl methyl sites for hydroxylation is 1. The Labute approximate surface area is 127 Å². The summed E-state index contributed by atoms with van der Waals surface area (Å²) in [5, 5.41) is 10.5. The minimum atomic E-state index is 0. The molecule has 1 rings (SSSR count). The molecule has 0 atom stereocenters. The average Bonchev–Trinajstić information content (AvgIpc) is 2.73. The quantitative estimate of drug-likeness (QED) is 0.707. The molecule has 0 N–H and O–H groups in total. The second-order valence-electron chi connectivity index (χ2n) is 2.99. The van der Waals surface area contributed by atoms with Gasteiger partial charge < -0.3 is 16.0 Å². The molecule has 0 saturated heterocycles. The predicted octanol–water partition coefficient (Wildman–Crippen LogP) is 3.82. The zero-order chi connectivity index (χ0) is 13.2. The van der Waals surface area contributed by atoms with E-state index in [1.54, 1.807) is 42.3 Å². The summed E-state index contributed by atoms with van der Waals surface area (Å²) in [5.41, 5.74) is 1.43. The van der Waals surface area contributed by atoms with Crippen molar-refractivity contribution in [2.24, 2.45) is 0 Å². The van der Waals surface area contributed by atoms with Gasteiger partial charge in [0, 0.05) is 0 Å². The summed E-state index contributed by atoms with van der Waals surface area (Å²) in [6.45, 7) is 2.16. The SMILES string of the molecule is CC[c-]1cccc1.C[N-]C.C[N-]C.C[N-]C.[Zr+4]. The van der Waals surface area contributed by atoms with Crippen LogP contribution in [0.3, 0.4) is 0 Å². The fraction of sp³-hybridized carbons (Fsp3) is 0.615. The van der Waals surface area contributed by atoms with Crippen LogP contribution in [-0.4, -0.2) is 42.3 Å². The molecule has 0 radical (unpaired) electrons. The van der Waals surface area contributed by atoms with Crippen LogP contribution in [-0.2, 0) is 32.6 Å². The van der Waals surface area contributed by atoms with Crippen molar-refractivity contribution in [2.75, 3.05) is 42.3 Å². The molecule has 0 spiro atoms. The van der Waals surface area contributed by atoms with E-state index in [0.717, 1.165) is 6.42 Å². The van der Waals surface area contributed by atoms with E-state index in [9.17, 15) is 0 Å². The van der Waals surface area contributed by atoms with Crippen molar-refractivity contribution in [1.29, 1.82) is 0 Å². The third-order valence-electron chi connectivity index (χ3n) is 1.14. The van der Waals surface area contributed by atoms with E-state index in [-0.39, 0.29) is 26.2 Å². The fourth-order valence-electron chi connectivity index (χ4n) is 0.650. The zero-order valence-electron chi connectivity index (χ0n) is 12.4. The van der Waals surface area contributed by atoms with Gasteiger partial charge in [0.05, 0.1) is 0 Å². The van der Waals surface area contributed by atoms with E-state index in [4.69, 9.17) is 0 Å². The van der Waals surface area contributed by atoms with Crippen molar-refractivity contribution in [2.45, 2.75) is 13.3 Å². The summed E-state index contributed by atoms with van der Waals surface area (Å²) in [5.74, 6) is 0. The molecule has 3 nitrogen and oxygen atoms in total. The molecule has 0 heterocycles. The Morgan fingerprint density at radius 2 is 1.00 bits per heavy atom. The van der Waals surface area contributed by atoms with Crippen LogP contribution in [0.15, 0.2) is 24.3 Å². The maximum absolute atomic E-state index is 3.50. The summed E-state index contributed by atoms with van der Waals surface area (Å²) < 4.78 is 0. The Morgan fingerprint density at radius 1 is 0.765 bits per heavy atom. The van der Waals surface area contributed by atoms with Gasteiger partial charge in [-0.3, -0.25) is 0 Å². The molecule has 1 aromatic rings. The van der Waals surface area contributed by atoms with Crippen LogP contribution in [0.4, 0.5) is 0 Å². The molecule has 4 heteroatoms. The normalized spacial score (nSPS) is 7.00. The topological polar surface area (TPSA) is 42.3 Å². The predicted molar refractivity (Wildman–Crippen MR) is 77.0 cm³/mol. The molecule has 98 valence electrons. The Morgan fingerprint density at radius 3 is 1.12 bits per heavy atom. The molecule has 0 bridgehead atoms. The molecule has 0 aliphatic rings. The van der Waals surface area contributed by atoms with Gasteiger partial charge in [0.1, 0.15) is 0 Å². The van der Waals surface area contributed by atoms with Crippen LogP contribution in [0.25, 0.3) is 16.0 Å². The summed E-state index contributed by atoms with van der Waals surface area (Å²) in [6.07, 6.45) is 1.16. The van der Waals surface area contributed by atoms with E-state index >= 15 is 0 Å². The van der Waals surface area contributed by atoms with Crippen molar-refractivity contribution in [3.63, 3.8) is 0 Å². The van der Waals surface area contributed by atoms with Crippen LogP contribution < -0.4 is 0 Å². The molecule has 0 fully saturated rings. The molecule has 17 heavy (non-hydrogen) atoms. The third-order valence-corrected chi connectivity index (χ3v) is 1.14. The molecule has 1 aromatic carbocycles. The van der Waals surface area contributed by atoms with Gasteiger partial charge in [-0.05, 0) is 0 Å². The smallest absolute Gasteiger partial charge is 0.668 e. The van der Waals surface area contributed by atoms with Crippen molar-refractivity contribution < 1.29 is 26.2 Å². The zero-order valence-corrected chi connectivity index (χ0v) is 14.8. The summed E-state index contributed by atoms with van der Waals surface area (Å²) in [7, 11) is 10.5. The molecule has 0 aromatic heterocycles. The number of nitrogens with zero attached hydrogens (tertiary/aromatic N) is 3. The van der Waals surface area contributed by atoms with Gasteiger partial charge >= 0.3 is 26.2 Å². The first-order chi connectivity index (χ1) is 7.67. The summed E-state index contributed by atoms with van der Waals surface area (Å²) >= 11 is 0. The van der Waals surface area contributed by atoms with Gasteiger partial charge in [-0.25, -0.2) is 12.1 Å². The first kappa shape index (κ1) is 25.8. The number of hydrogen-bond donors (Lipinski definition) is 0. The summed E-state index contributed by atoms with van der Waals surface area (Å²) in [4.78, 5) is 0. The molecular formula is C13H27N3Zr. The van der Waals surface area contributed by atoms with Crippen molar-refractivity contribution in [3.8, 4) is 0 Å². The molecule has 0 amide bonds. The van der Waals surface area contributed by atoms with Crippen LogP contribution in [0, 0.1) is 0 Å². The maximum Gasteiger partial charge on any atom is 4.00 e. The van der Waals surface area contributed by atoms with Crippen LogP contribution in [0.1, 0.15) is 12.5 Å². The van der Waals surface area contributed by atoms with Crippen molar-refractivity contribution in [3.05, 3.63) is 45.8 Å². The Balaban J connectivity index is -0.0000000734. The average molecular weight is 317 g/mol. The first-order valence-electron chi connectivity index (χ1n) is 5.32. The number of hydrogen-bond acceptors (Lipinski definition) is 0. The second kappa shape index (κ2) is 29.8.